The van der Waals surface area contributed by atoms with Crippen molar-refractivity contribution in [2.45, 2.75) is 6.54 Å². The zero-order chi connectivity index (χ0) is 9.68. The standard InChI is InChI=1S/C8H10N2O2S/c1-6(8(11)12)2-9-3-7-4-10-5-13-7/h4-5,9H,1-3H2,(H,11,12). The summed E-state index contributed by atoms with van der Waals surface area (Å²) < 4.78 is 0. The lowest BCUT2D eigenvalue weighted by atomic mass is 10.3. The normalized spacial score (nSPS) is 9.85. The minimum Gasteiger partial charge on any atom is -0.478 e. The molecule has 0 aliphatic carbocycles. The third kappa shape index (κ3) is 3.35. The molecule has 1 heterocycles. The van der Waals surface area contributed by atoms with E-state index in [4.69, 9.17) is 5.11 Å². The minimum atomic E-state index is -0.961. The Labute approximate surface area is 79.9 Å². The van der Waals surface area contributed by atoms with Gasteiger partial charge in [-0.25, -0.2) is 4.79 Å². The number of hydrogen-bond acceptors (Lipinski definition) is 4. The Balaban J connectivity index is 2.22. The van der Waals surface area contributed by atoms with Gasteiger partial charge in [0.05, 0.1) is 5.51 Å². The van der Waals surface area contributed by atoms with Crippen LogP contribution in [-0.4, -0.2) is 22.6 Å². The van der Waals surface area contributed by atoms with Crippen molar-refractivity contribution in [2.75, 3.05) is 6.54 Å². The van der Waals surface area contributed by atoms with Gasteiger partial charge in [0.15, 0.2) is 0 Å². The molecule has 0 fully saturated rings. The van der Waals surface area contributed by atoms with E-state index in [0.717, 1.165) is 4.88 Å². The maximum absolute atomic E-state index is 10.3. The third-order valence-corrected chi connectivity index (χ3v) is 2.20. The largest absolute Gasteiger partial charge is 0.478 e. The molecule has 0 aliphatic rings. The summed E-state index contributed by atoms with van der Waals surface area (Å²) in [7, 11) is 0. The summed E-state index contributed by atoms with van der Waals surface area (Å²) in [5.41, 5.74) is 1.91. The second-order valence-corrected chi connectivity index (χ2v) is 3.45. The number of aliphatic carboxylic acids is 1. The van der Waals surface area contributed by atoms with Gasteiger partial charge in [0.1, 0.15) is 0 Å². The van der Waals surface area contributed by atoms with E-state index in [1.54, 1.807) is 11.7 Å². The summed E-state index contributed by atoms with van der Waals surface area (Å²) in [6, 6.07) is 0. The van der Waals surface area contributed by atoms with Gasteiger partial charge in [-0.2, -0.15) is 0 Å². The molecule has 1 aromatic heterocycles. The molecule has 1 rings (SSSR count). The van der Waals surface area contributed by atoms with Crippen LogP contribution in [0.5, 0.6) is 0 Å². The number of nitrogens with one attached hydrogen (secondary N) is 1. The number of thiazole rings is 1. The van der Waals surface area contributed by atoms with Crippen LogP contribution in [0.4, 0.5) is 0 Å². The van der Waals surface area contributed by atoms with E-state index in [1.165, 1.54) is 11.3 Å². The molecular formula is C8H10N2O2S. The molecule has 70 valence electrons. The Morgan fingerprint density at radius 2 is 2.54 bits per heavy atom. The number of rotatable bonds is 5. The molecule has 0 spiro atoms. The van der Waals surface area contributed by atoms with Crippen LogP contribution < -0.4 is 5.32 Å². The lowest BCUT2D eigenvalue weighted by Gasteiger charge is -2.01. The molecular weight excluding hydrogens is 188 g/mol. The molecule has 5 heteroatoms. The number of carboxylic acid groups (broad SMARTS) is 1. The van der Waals surface area contributed by atoms with Gasteiger partial charge in [-0.15, -0.1) is 11.3 Å². The zero-order valence-electron chi connectivity index (χ0n) is 6.99. The number of carbonyl (C=O) groups is 1. The maximum atomic E-state index is 10.3. The van der Waals surface area contributed by atoms with Crippen molar-refractivity contribution < 1.29 is 9.90 Å². The Kier molecular flexibility index (Phi) is 3.60. The molecule has 0 saturated carbocycles. The predicted octanol–water partition coefficient (Wildman–Crippen LogP) is 0.874. The molecule has 0 unspecified atom stereocenters. The van der Waals surface area contributed by atoms with Crippen molar-refractivity contribution >= 4 is 17.3 Å². The zero-order valence-corrected chi connectivity index (χ0v) is 7.80. The highest BCUT2D eigenvalue weighted by Crippen LogP contribution is 2.04. The van der Waals surface area contributed by atoms with Gasteiger partial charge in [0.2, 0.25) is 0 Å². The Bertz CT molecular complexity index is 295. The average molecular weight is 198 g/mol. The lowest BCUT2D eigenvalue weighted by Crippen LogP contribution is -2.19. The predicted molar refractivity (Wildman–Crippen MR) is 50.6 cm³/mol. The minimum absolute atomic E-state index is 0.171. The van der Waals surface area contributed by atoms with Crippen LogP contribution >= 0.6 is 11.3 Å². The first-order valence-corrected chi connectivity index (χ1v) is 4.57. The topological polar surface area (TPSA) is 62.2 Å². The molecule has 0 radical (unpaired) electrons. The molecule has 0 aromatic carbocycles. The van der Waals surface area contributed by atoms with Crippen LogP contribution in [0.3, 0.4) is 0 Å². The molecule has 1 aromatic rings. The smallest absolute Gasteiger partial charge is 0.332 e. The molecule has 0 bridgehead atoms. The Morgan fingerprint density at radius 1 is 1.77 bits per heavy atom. The fraction of sp³-hybridized carbons (Fsp3) is 0.250. The van der Waals surface area contributed by atoms with Gasteiger partial charge in [-0.05, 0) is 0 Å². The van der Waals surface area contributed by atoms with E-state index in [1.807, 2.05) is 0 Å². The fourth-order valence-electron chi connectivity index (χ4n) is 0.742. The highest BCUT2D eigenvalue weighted by molar-refractivity contribution is 7.09. The quantitative estimate of drug-likeness (QED) is 0.689. The van der Waals surface area contributed by atoms with Crippen LogP contribution in [-0.2, 0) is 11.3 Å². The summed E-state index contributed by atoms with van der Waals surface area (Å²) in [4.78, 5) is 15.3. The second kappa shape index (κ2) is 4.74. The summed E-state index contributed by atoms with van der Waals surface area (Å²) in [5, 5.41) is 11.4. The molecule has 0 aliphatic heterocycles. The number of hydrogen-bond donors (Lipinski definition) is 2. The molecule has 4 nitrogen and oxygen atoms in total. The fourth-order valence-corrected chi connectivity index (χ4v) is 1.31. The van der Waals surface area contributed by atoms with E-state index < -0.39 is 5.97 Å². The van der Waals surface area contributed by atoms with Crippen LogP contribution in [0.2, 0.25) is 0 Å². The van der Waals surface area contributed by atoms with Crippen LogP contribution in [0.1, 0.15) is 4.88 Å². The summed E-state index contributed by atoms with van der Waals surface area (Å²) in [6.45, 7) is 4.33. The molecule has 2 N–H and O–H groups in total. The number of nitrogens with zero attached hydrogens (tertiary/aromatic N) is 1. The van der Waals surface area contributed by atoms with Gasteiger partial charge >= 0.3 is 5.97 Å². The van der Waals surface area contributed by atoms with E-state index >= 15 is 0 Å². The highest BCUT2D eigenvalue weighted by Gasteiger charge is 2.02. The van der Waals surface area contributed by atoms with Gasteiger partial charge < -0.3 is 10.4 Å². The van der Waals surface area contributed by atoms with Crippen LogP contribution in [0.15, 0.2) is 23.9 Å². The van der Waals surface area contributed by atoms with Crippen molar-refractivity contribution in [3.8, 4) is 0 Å². The van der Waals surface area contributed by atoms with Crippen molar-refractivity contribution in [1.82, 2.24) is 10.3 Å². The molecule has 13 heavy (non-hydrogen) atoms. The number of carboxylic acids is 1. The first-order chi connectivity index (χ1) is 6.20. The van der Waals surface area contributed by atoms with E-state index in [9.17, 15) is 4.79 Å². The van der Waals surface area contributed by atoms with E-state index in [2.05, 4.69) is 16.9 Å². The number of aromatic nitrogens is 1. The monoisotopic (exact) mass is 198 g/mol. The van der Waals surface area contributed by atoms with Gasteiger partial charge in [0.25, 0.3) is 0 Å². The second-order valence-electron chi connectivity index (χ2n) is 2.48. The SMILES string of the molecule is C=C(CNCc1cncs1)C(=O)O. The maximum Gasteiger partial charge on any atom is 0.332 e. The van der Waals surface area contributed by atoms with Crippen LogP contribution in [0, 0.1) is 0 Å². The lowest BCUT2D eigenvalue weighted by molar-refractivity contribution is -0.132. The first-order valence-electron chi connectivity index (χ1n) is 3.69. The highest BCUT2D eigenvalue weighted by atomic mass is 32.1. The Morgan fingerprint density at radius 3 is 3.08 bits per heavy atom. The third-order valence-electron chi connectivity index (χ3n) is 1.42. The summed E-state index contributed by atoms with van der Waals surface area (Å²) >= 11 is 1.53. The van der Waals surface area contributed by atoms with E-state index in [-0.39, 0.29) is 5.57 Å². The first kappa shape index (κ1) is 9.88. The summed E-state index contributed by atoms with van der Waals surface area (Å²) in [6.07, 6.45) is 1.75. The van der Waals surface area contributed by atoms with Gasteiger partial charge in [-0.3, -0.25) is 4.98 Å². The molecule has 0 atom stereocenters. The summed E-state index contributed by atoms with van der Waals surface area (Å²) in [5.74, 6) is -0.961. The van der Waals surface area contributed by atoms with E-state index in [0.29, 0.717) is 13.1 Å². The van der Waals surface area contributed by atoms with Gasteiger partial charge in [-0.1, -0.05) is 6.58 Å². The Hall–Kier alpha value is -1.20. The van der Waals surface area contributed by atoms with Crippen molar-refractivity contribution in [2.24, 2.45) is 0 Å². The molecule has 0 amide bonds. The van der Waals surface area contributed by atoms with Crippen molar-refractivity contribution in [3.63, 3.8) is 0 Å². The average Bonchev–Trinajstić information content (AvgIpc) is 2.56. The van der Waals surface area contributed by atoms with Crippen molar-refractivity contribution in [1.29, 1.82) is 0 Å². The van der Waals surface area contributed by atoms with Gasteiger partial charge in [0, 0.05) is 29.7 Å². The molecule has 0 saturated heterocycles. The van der Waals surface area contributed by atoms with Crippen molar-refractivity contribution in [3.05, 3.63) is 28.7 Å². The van der Waals surface area contributed by atoms with Crippen LogP contribution in [0.25, 0.3) is 0 Å².